The van der Waals surface area contributed by atoms with Crippen LogP contribution in [0.4, 0.5) is 8.78 Å². The van der Waals surface area contributed by atoms with Gasteiger partial charge in [-0.15, -0.1) is 0 Å². The highest BCUT2D eigenvalue weighted by atomic mass is 19.1. The van der Waals surface area contributed by atoms with Crippen molar-refractivity contribution < 1.29 is 13.9 Å². The SMILES string of the molecule is Cc1cc(F)ccc1C(C)(O)Cc1ccccc1F. The van der Waals surface area contributed by atoms with Gasteiger partial charge < -0.3 is 5.11 Å². The summed E-state index contributed by atoms with van der Waals surface area (Å²) in [5.74, 6) is -0.689. The lowest BCUT2D eigenvalue weighted by atomic mass is 9.86. The van der Waals surface area contributed by atoms with Crippen LogP contribution in [0.5, 0.6) is 0 Å². The second-order valence-corrected chi connectivity index (χ2v) is 5.00. The highest BCUT2D eigenvalue weighted by Crippen LogP contribution is 2.29. The molecule has 0 amide bonds. The van der Waals surface area contributed by atoms with Crippen LogP contribution in [0.2, 0.25) is 0 Å². The van der Waals surface area contributed by atoms with Crippen molar-refractivity contribution in [2.24, 2.45) is 0 Å². The molecule has 100 valence electrons. The Hall–Kier alpha value is -1.74. The normalized spacial score (nSPS) is 14.2. The van der Waals surface area contributed by atoms with Gasteiger partial charge in [-0.3, -0.25) is 0 Å². The summed E-state index contributed by atoms with van der Waals surface area (Å²) in [5, 5.41) is 10.5. The summed E-state index contributed by atoms with van der Waals surface area (Å²) in [6.45, 7) is 3.34. The molecule has 0 aliphatic rings. The van der Waals surface area contributed by atoms with E-state index in [0.29, 0.717) is 16.7 Å². The van der Waals surface area contributed by atoms with Crippen LogP contribution in [-0.4, -0.2) is 5.11 Å². The molecular weight excluding hydrogens is 246 g/mol. The third-order valence-electron chi connectivity index (χ3n) is 3.26. The van der Waals surface area contributed by atoms with Crippen LogP contribution in [0.25, 0.3) is 0 Å². The lowest BCUT2D eigenvalue weighted by molar-refractivity contribution is 0.0560. The van der Waals surface area contributed by atoms with Gasteiger partial charge in [-0.05, 0) is 48.7 Å². The zero-order valence-electron chi connectivity index (χ0n) is 11.0. The van der Waals surface area contributed by atoms with Gasteiger partial charge in [-0.25, -0.2) is 8.78 Å². The number of hydrogen-bond donors (Lipinski definition) is 1. The van der Waals surface area contributed by atoms with Crippen LogP contribution >= 0.6 is 0 Å². The number of aliphatic hydroxyl groups is 1. The third kappa shape index (κ3) is 2.99. The van der Waals surface area contributed by atoms with Crippen molar-refractivity contribution in [3.63, 3.8) is 0 Å². The maximum atomic E-state index is 13.6. The second kappa shape index (κ2) is 5.10. The Balaban J connectivity index is 2.35. The molecule has 19 heavy (non-hydrogen) atoms. The van der Waals surface area contributed by atoms with Gasteiger partial charge in [0.15, 0.2) is 0 Å². The van der Waals surface area contributed by atoms with Gasteiger partial charge in [-0.1, -0.05) is 24.3 Å². The first-order valence-corrected chi connectivity index (χ1v) is 6.12. The standard InChI is InChI=1S/C16H16F2O/c1-11-9-13(17)7-8-14(11)16(2,19)10-12-5-3-4-6-15(12)18/h3-9,19H,10H2,1-2H3. The van der Waals surface area contributed by atoms with Gasteiger partial charge >= 0.3 is 0 Å². The molecule has 0 radical (unpaired) electrons. The molecule has 2 aromatic rings. The van der Waals surface area contributed by atoms with Gasteiger partial charge in [0.1, 0.15) is 11.6 Å². The zero-order valence-corrected chi connectivity index (χ0v) is 11.0. The fourth-order valence-corrected chi connectivity index (χ4v) is 2.34. The molecular formula is C16H16F2O. The average Bonchev–Trinajstić information content (AvgIpc) is 2.31. The Bertz CT molecular complexity index is 591. The summed E-state index contributed by atoms with van der Waals surface area (Å²) >= 11 is 0. The molecule has 1 atom stereocenters. The Morgan fingerprint density at radius 2 is 1.79 bits per heavy atom. The number of aryl methyl sites for hydroxylation is 1. The largest absolute Gasteiger partial charge is 0.385 e. The van der Waals surface area contributed by atoms with E-state index >= 15 is 0 Å². The molecule has 0 saturated heterocycles. The Labute approximate surface area is 111 Å². The van der Waals surface area contributed by atoms with Crippen LogP contribution in [0, 0.1) is 18.6 Å². The Kier molecular flexibility index (Phi) is 3.67. The van der Waals surface area contributed by atoms with E-state index in [0.717, 1.165) is 0 Å². The first-order valence-electron chi connectivity index (χ1n) is 6.12. The number of rotatable bonds is 3. The summed E-state index contributed by atoms with van der Waals surface area (Å²) in [7, 11) is 0. The molecule has 0 bridgehead atoms. The van der Waals surface area contributed by atoms with E-state index in [2.05, 4.69) is 0 Å². The average molecular weight is 262 g/mol. The van der Waals surface area contributed by atoms with Crippen molar-refractivity contribution in [3.8, 4) is 0 Å². The minimum atomic E-state index is -1.24. The van der Waals surface area contributed by atoms with E-state index < -0.39 is 5.60 Å². The van der Waals surface area contributed by atoms with E-state index in [1.807, 2.05) is 0 Å². The molecule has 0 heterocycles. The van der Waals surface area contributed by atoms with Crippen LogP contribution in [0.15, 0.2) is 42.5 Å². The number of halogens is 2. The molecule has 1 unspecified atom stereocenters. The topological polar surface area (TPSA) is 20.2 Å². The van der Waals surface area contributed by atoms with Gasteiger partial charge in [0.2, 0.25) is 0 Å². The molecule has 1 nitrogen and oxygen atoms in total. The van der Waals surface area contributed by atoms with Gasteiger partial charge in [-0.2, -0.15) is 0 Å². The van der Waals surface area contributed by atoms with Crippen LogP contribution in [0.3, 0.4) is 0 Å². The third-order valence-corrected chi connectivity index (χ3v) is 3.26. The minimum absolute atomic E-state index is 0.145. The van der Waals surface area contributed by atoms with E-state index in [4.69, 9.17) is 0 Å². The fraction of sp³-hybridized carbons (Fsp3) is 0.250. The maximum Gasteiger partial charge on any atom is 0.126 e. The predicted octanol–water partition coefficient (Wildman–Crippen LogP) is 3.72. The summed E-state index contributed by atoms with van der Waals surface area (Å²) < 4.78 is 26.7. The lowest BCUT2D eigenvalue weighted by Gasteiger charge is -2.26. The van der Waals surface area contributed by atoms with Crippen molar-refractivity contribution in [2.75, 3.05) is 0 Å². The van der Waals surface area contributed by atoms with Crippen molar-refractivity contribution >= 4 is 0 Å². The minimum Gasteiger partial charge on any atom is -0.385 e. The lowest BCUT2D eigenvalue weighted by Crippen LogP contribution is -2.26. The molecule has 0 aromatic heterocycles. The molecule has 3 heteroatoms. The smallest absolute Gasteiger partial charge is 0.126 e. The second-order valence-electron chi connectivity index (χ2n) is 5.00. The summed E-state index contributed by atoms with van der Waals surface area (Å²) in [4.78, 5) is 0. The Morgan fingerprint density at radius 1 is 1.11 bits per heavy atom. The predicted molar refractivity (Wildman–Crippen MR) is 70.8 cm³/mol. The number of hydrogen-bond acceptors (Lipinski definition) is 1. The zero-order chi connectivity index (χ0) is 14.0. The van der Waals surface area contributed by atoms with Crippen molar-refractivity contribution in [1.82, 2.24) is 0 Å². The van der Waals surface area contributed by atoms with Crippen molar-refractivity contribution in [3.05, 3.63) is 70.8 Å². The Morgan fingerprint density at radius 3 is 2.42 bits per heavy atom. The fourth-order valence-electron chi connectivity index (χ4n) is 2.34. The van der Waals surface area contributed by atoms with E-state index in [1.54, 1.807) is 38.1 Å². The van der Waals surface area contributed by atoms with E-state index in [1.165, 1.54) is 18.2 Å². The monoisotopic (exact) mass is 262 g/mol. The van der Waals surface area contributed by atoms with Gasteiger partial charge in [0.25, 0.3) is 0 Å². The molecule has 1 N–H and O–H groups in total. The summed E-state index contributed by atoms with van der Waals surface area (Å²) in [6.07, 6.45) is 0.145. The van der Waals surface area contributed by atoms with Crippen molar-refractivity contribution in [1.29, 1.82) is 0 Å². The maximum absolute atomic E-state index is 13.6. The van der Waals surface area contributed by atoms with Crippen molar-refractivity contribution in [2.45, 2.75) is 25.9 Å². The van der Waals surface area contributed by atoms with E-state index in [9.17, 15) is 13.9 Å². The number of benzene rings is 2. The molecule has 0 spiro atoms. The van der Waals surface area contributed by atoms with E-state index in [-0.39, 0.29) is 18.1 Å². The van der Waals surface area contributed by atoms with Gasteiger partial charge in [0, 0.05) is 6.42 Å². The first-order chi connectivity index (χ1) is 8.90. The van der Waals surface area contributed by atoms with Crippen LogP contribution in [-0.2, 0) is 12.0 Å². The quantitative estimate of drug-likeness (QED) is 0.893. The van der Waals surface area contributed by atoms with Gasteiger partial charge in [0.05, 0.1) is 5.60 Å². The molecule has 2 aromatic carbocycles. The van der Waals surface area contributed by atoms with Crippen LogP contribution in [0.1, 0.15) is 23.6 Å². The summed E-state index contributed by atoms with van der Waals surface area (Å²) in [5.41, 5.74) is 0.467. The molecule has 0 aliphatic heterocycles. The molecule has 0 fully saturated rings. The first kappa shape index (κ1) is 13.7. The molecule has 2 rings (SSSR count). The highest BCUT2D eigenvalue weighted by Gasteiger charge is 2.26. The molecule has 0 aliphatic carbocycles. The molecule has 0 saturated carbocycles. The summed E-state index contributed by atoms with van der Waals surface area (Å²) in [6, 6.07) is 10.6. The van der Waals surface area contributed by atoms with Crippen LogP contribution < -0.4 is 0 Å². The highest BCUT2D eigenvalue weighted by molar-refractivity contribution is 5.33.